The smallest absolute Gasteiger partial charge is 0.125 e. The van der Waals surface area contributed by atoms with Gasteiger partial charge in [-0.1, -0.05) is 12.1 Å². The molecule has 2 aliphatic rings. The molecule has 1 N–H and O–H groups in total. The van der Waals surface area contributed by atoms with Crippen molar-refractivity contribution in [2.45, 2.75) is 12.6 Å². The number of nitrogens with one attached hydrogen (secondary N) is 1. The number of ether oxygens (including phenoxy) is 1. The minimum Gasteiger partial charge on any atom is -0.376 e. The van der Waals surface area contributed by atoms with Crippen LogP contribution in [0.4, 0.5) is 5.82 Å². The molecule has 5 heteroatoms. The average Bonchev–Trinajstić information content (AvgIpc) is 3.15. The summed E-state index contributed by atoms with van der Waals surface area (Å²) in [6, 6.07) is 12.1. The molecule has 0 radical (unpaired) electrons. The van der Waals surface area contributed by atoms with Crippen molar-refractivity contribution in [3.8, 4) is 0 Å². The van der Waals surface area contributed by atoms with Gasteiger partial charge >= 0.3 is 0 Å². The third-order valence-corrected chi connectivity index (χ3v) is 4.84. The van der Waals surface area contributed by atoms with Crippen LogP contribution in [0.15, 0.2) is 48.8 Å². The van der Waals surface area contributed by atoms with E-state index < -0.39 is 0 Å². The summed E-state index contributed by atoms with van der Waals surface area (Å²) in [6.07, 6.45) is 4.05. The first-order valence-corrected chi connectivity index (χ1v) is 8.27. The number of anilines is 1. The van der Waals surface area contributed by atoms with Crippen LogP contribution in [0.3, 0.4) is 0 Å². The van der Waals surface area contributed by atoms with Crippen LogP contribution in [0.2, 0.25) is 0 Å². The van der Waals surface area contributed by atoms with Gasteiger partial charge in [-0.15, -0.1) is 0 Å². The van der Waals surface area contributed by atoms with Gasteiger partial charge in [0.1, 0.15) is 5.82 Å². The largest absolute Gasteiger partial charge is 0.376 e. The lowest BCUT2D eigenvalue weighted by Gasteiger charge is -2.19. The van der Waals surface area contributed by atoms with Crippen LogP contribution in [0.5, 0.6) is 0 Å². The molecule has 3 atom stereocenters. The normalized spacial score (nSPS) is 27.0. The zero-order chi connectivity index (χ0) is 15.5. The van der Waals surface area contributed by atoms with Gasteiger partial charge in [-0.3, -0.25) is 9.88 Å². The van der Waals surface area contributed by atoms with Crippen LogP contribution in [-0.4, -0.2) is 47.2 Å². The Morgan fingerprint density at radius 1 is 1.09 bits per heavy atom. The summed E-state index contributed by atoms with van der Waals surface area (Å²) in [5, 5.41) is 3.44. The Balaban J connectivity index is 1.32. The van der Waals surface area contributed by atoms with Crippen LogP contribution in [0.1, 0.15) is 5.69 Å². The van der Waals surface area contributed by atoms with Crippen molar-refractivity contribution in [2.24, 2.45) is 11.8 Å². The van der Waals surface area contributed by atoms with Gasteiger partial charge < -0.3 is 10.1 Å². The summed E-state index contributed by atoms with van der Waals surface area (Å²) < 4.78 is 6.02. The van der Waals surface area contributed by atoms with Crippen LogP contribution in [0.25, 0.3) is 0 Å². The van der Waals surface area contributed by atoms with E-state index in [-0.39, 0.29) is 0 Å². The van der Waals surface area contributed by atoms with Crippen molar-refractivity contribution in [2.75, 3.05) is 31.6 Å². The standard InChI is InChI=1S/C18H22N4O/c1-3-7-19-15(5-1)10-22-11-16-14(13-23-17(16)12-22)9-21-18-6-2-4-8-20-18/h1-8,14,16-17H,9-13H2,(H,20,21)/t14-,16-,17-/m0/s1. The molecule has 5 nitrogen and oxygen atoms in total. The van der Waals surface area contributed by atoms with E-state index in [1.165, 1.54) is 0 Å². The van der Waals surface area contributed by atoms with Gasteiger partial charge in [0.25, 0.3) is 0 Å². The highest BCUT2D eigenvalue weighted by Crippen LogP contribution is 2.34. The molecule has 2 aromatic heterocycles. The van der Waals surface area contributed by atoms with Crippen LogP contribution in [-0.2, 0) is 11.3 Å². The lowest BCUT2D eigenvalue weighted by molar-refractivity contribution is 0.0944. The Labute approximate surface area is 136 Å². The first-order valence-electron chi connectivity index (χ1n) is 8.27. The number of rotatable bonds is 5. The molecule has 0 bridgehead atoms. The number of fused-ring (bicyclic) bond motifs is 1. The van der Waals surface area contributed by atoms with Crippen LogP contribution >= 0.6 is 0 Å². The Bertz CT molecular complexity index is 621. The van der Waals surface area contributed by atoms with E-state index in [1.54, 1.807) is 0 Å². The fraction of sp³-hybridized carbons (Fsp3) is 0.444. The zero-order valence-corrected chi connectivity index (χ0v) is 13.1. The number of pyridine rings is 2. The maximum absolute atomic E-state index is 6.02. The van der Waals surface area contributed by atoms with E-state index in [4.69, 9.17) is 4.74 Å². The number of hydrogen-bond donors (Lipinski definition) is 1. The van der Waals surface area contributed by atoms with Gasteiger partial charge in [0.2, 0.25) is 0 Å². The summed E-state index contributed by atoms with van der Waals surface area (Å²) in [7, 11) is 0. The Morgan fingerprint density at radius 2 is 1.96 bits per heavy atom. The molecule has 4 rings (SSSR count). The lowest BCUT2D eigenvalue weighted by atomic mass is 9.93. The minimum atomic E-state index is 0.370. The number of aromatic nitrogens is 2. The molecule has 0 aromatic carbocycles. The van der Waals surface area contributed by atoms with Gasteiger partial charge in [0, 0.05) is 50.4 Å². The minimum absolute atomic E-state index is 0.370. The zero-order valence-electron chi connectivity index (χ0n) is 13.1. The molecular formula is C18H22N4O. The third kappa shape index (κ3) is 3.35. The summed E-state index contributed by atoms with van der Waals surface area (Å²) in [5.74, 6) is 2.10. The first kappa shape index (κ1) is 14.6. The molecule has 4 heterocycles. The van der Waals surface area contributed by atoms with Crippen molar-refractivity contribution in [1.29, 1.82) is 0 Å². The van der Waals surface area contributed by atoms with E-state index in [0.717, 1.165) is 44.3 Å². The van der Waals surface area contributed by atoms with E-state index in [0.29, 0.717) is 17.9 Å². The van der Waals surface area contributed by atoms with Gasteiger partial charge in [-0.25, -0.2) is 4.98 Å². The summed E-state index contributed by atoms with van der Waals surface area (Å²) in [5.41, 5.74) is 1.13. The predicted octanol–water partition coefficient (Wildman–Crippen LogP) is 2.04. The van der Waals surface area contributed by atoms with E-state index in [1.807, 2.05) is 36.7 Å². The molecule has 2 saturated heterocycles. The highest BCUT2D eigenvalue weighted by Gasteiger charge is 2.43. The van der Waals surface area contributed by atoms with Crippen molar-refractivity contribution in [1.82, 2.24) is 14.9 Å². The van der Waals surface area contributed by atoms with Gasteiger partial charge in [-0.05, 0) is 24.3 Å². The summed E-state index contributed by atoms with van der Waals surface area (Å²) in [6.45, 7) is 4.80. The second-order valence-electron chi connectivity index (χ2n) is 6.41. The van der Waals surface area contributed by atoms with Gasteiger partial charge in [0.15, 0.2) is 0 Å². The molecule has 2 fully saturated rings. The second-order valence-corrected chi connectivity index (χ2v) is 6.41. The van der Waals surface area contributed by atoms with E-state index in [2.05, 4.69) is 32.3 Å². The molecule has 0 unspecified atom stereocenters. The van der Waals surface area contributed by atoms with Crippen LogP contribution in [0, 0.1) is 11.8 Å². The molecule has 0 saturated carbocycles. The molecule has 120 valence electrons. The van der Waals surface area contributed by atoms with Crippen molar-refractivity contribution < 1.29 is 4.74 Å². The summed E-state index contributed by atoms with van der Waals surface area (Å²) >= 11 is 0. The van der Waals surface area contributed by atoms with Gasteiger partial charge in [-0.2, -0.15) is 0 Å². The fourth-order valence-corrected chi connectivity index (χ4v) is 3.64. The number of likely N-dealkylation sites (tertiary alicyclic amines) is 1. The number of nitrogens with zero attached hydrogens (tertiary/aromatic N) is 3. The molecule has 0 aliphatic carbocycles. The maximum Gasteiger partial charge on any atom is 0.125 e. The third-order valence-electron chi connectivity index (χ3n) is 4.84. The molecule has 2 aliphatic heterocycles. The monoisotopic (exact) mass is 310 g/mol. The van der Waals surface area contributed by atoms with E-state index >= 15 is 0 Å². The fourth-order valence-electron chi connectivity index (χ4n) is 3.64. The van der Waals surface area contributed by atoms with Crippen molar-refractivity contribution >= 4 is 5.82 Å². The molecule has 2 aromatic rings. The first-order chi connectivity index (χ1) is 11.4. The maximum atomic E-state index is 6.02. The Hall–Kier alpha value is -1.98. The second kappa shape index (κ2) is 6.64. The lowest BCUT2D eigenvalue weighted by Crippen LogP contribution is -2.27. The van der Waals surface area contributed by atoms with Gasteiger partial charge in [0.05, 0.1) is 18.4 Å². The Kier molecular flexibility index (Phi) is 4.22. The highest BCUT2D eigenvalue weighted by molar-refractivity contribution is 5.33. The molecule has 0 amide bonds. The SMILES string of the molecule is c1ccc(CN2C[C@H]3[C@@H](CNc4ccccn4)CO[C@H]3C2)nc1. The van der Waals surface area contributed by atoms with Crippen LogP contribution < -0.4 is 5.32 Å². The quantitative estimate of drug-likeness (QED) is 0.916. The molecule has 0 spiro atoms. The predicted molar refractivity (Wildman–Crippen MR) is 89.0 cm³/mol. The topological polar surface area (TPSA) is 50.3 Å². The Morgan fingerprint density at radius 3 is 2.74 bits per heavy atom. The number of hydrogen-bond acceptors (Lipinski definition) is 5. The van der Waals surface area contributed by atoms with Crippen molar-refractivity contribution in [3.05, 3.63) is 54.5 Å². The molecular weight excluding hydrogens is 288 g/mol. The highest BCUT2D eigenvalue weighted by atomic mass is 16.5. The summed E-state index contributed by atoms with van der Waals surface area (Å²) in [4.78, 5) is 11.2. The molecule has 23 heavy (non-hydrogen) atoms. The van der Waals surface area contributed by atoms with Crippen molar-refractivity contribution in [3.63, 3.8) is 0 Å². The van der Waals surface area contributed by atoms with E-state index in [9.17, 15) is 0 Å². The average molecular weight is 310 g/mol.